The summed E-state index contributed by atoms with van der Waals surface area (Å²) in [5.74, 6) is 0.0441. The van der Waals surface area contributed by atoms with Gasteiger partial charge in [0.2, 0.25) is 0 Å². The number of fused-ring (bicyclic) bond motifs is 1. The first-order chi connectivity index (χ1) is 13.7. The highest BCUT2D eigenvalue weighted by atomic mass is 19.1. The third-order valence-electron chi connectivity index (χ3n) is 4.73. The van der Waals surface area contributed by atoms with E-state index >= 15 is 0 Å². The van der Waals surface area contributed by atoms with Gasteiger partial charge in [-0.05, 0) is 35.7 Å². The average molecular weight is 375 g/mol. The van der Waals surface area contributed by atoms with Crippen LogP contribution in [0.4, 0.5) is 4.39 Å². The maximum atomic E-state index is 13.1. The van der Waals surface area contributed by atoms with E-state index in [2.05, 4.69) is 10.2 Å². The second-order valence-electron chi connectivity index (χ2n) is 6.53. The standard InChI is InChI=1S/C22H18FN3O2/c1-15-19-11-24-25-22(28-14-17-7-9-18(23)10-8-17)21(19)26(20(15)13-27)12-16-5-3-2-4-6-16/h2-11,13H,12,14H2,1H3. The van der Waals surface area contributed by atoms with Crippen molar-refractivity contribution < 1.29 is 13.9 Å². The molecule has 0 aliphatic carbocycles. The van der Waals surface area contributed by atoms with Crippen molar-refractivity contribution in [3.05, 3.63) is 89.0 Å². The first-order valence-corrected chi connectivity index (χ1v) is 8.88. The summed E-state index contributed by atoms with van der Waals surface area (Å²) in [6.45, 7) is 2.62. The van der Waals surface area contributed by atoms with Crippen LogP contribution in [0.2, 0.25) is 0 Å². The van der Waals surface area contributed by atoms with Crippen LogP contribution in [0, 0.1) is 12.7 Å². The Balaban J connectivity index is 1.76. The van der Waals surface area contributed by atoms with E-state index in [1.807, 2.05) is 41.8 Å². The Labute approximate surface area is 161 Å². The predicted molar refractivity (Wildman–Crippen MR) is 104 cm³/mol. The van der Waals surface area contributed by atoms with Gasteiger partial charge < -0.3 is 9.30 Å². The van der Waals surface area contributed by atoms with Gasteiger partial charge in [-0.1, -0.05) is 42.5 Å². The molecule has 0 saturated carbocycles. The number of nitrogens with zero attached hydrogens (tertiary/aromatic N) is 3. The largest absolute Gasteiger partial charge is 0.470 e. The number of hydrogen-bond acceptors (Lipinski definition) is 4. The maximum absolute atomic E-state index is 13.1. The van der Waals surface area contributed by atoms with Crippen LogP contribution in [0.5, 0.6) is 5.88 Å². The quantitative estimate of drug-likeness (QED) is 0.471. The minimum atomic E-state index is -0.298. The Morgan fingerprint density at radius 1 is 1.07 bits per heavy atom. The molecular weight excluding hydrogens is 357 g/mol. The van der Waals surface area contributed by atoms with Gasteiger partial charge in [-0.15, -0.1) is 5.10 Å². The van der Waals surface area contributed by atoms with Gasteiger partial charge in [0, 0.05) is 11.9 Å². The molecule has 0 atom stereocenters. The van der Waals surface area contributed by atoms with Crippen LogP contribution in [-0.4, -0.2) is 21.1 Å². The molecule has 0 aliphatic heterocycles. The first-order valence-electron chi connectivity index (χ1n) is 8.88. The molecule has 0 N–H and O–H groups in total. The number of hydrogen-bond donors (Lipinski definition) is 0. The third kappa shape index (κ3) is 3.36. The highest BCUT2D eigenvalue weighted by molar-refractivity contribution is 5.94. The molecule has 0 amide bonds. The SMILES string of the molecule is Cc1c(C=O)n(Cc2ccccc2)c2c(OCc3ccc(F)cc3)nncc12. The second-order valence-corrected chi connectivity index (χ2v) is 6.53. The van der Waals surface area contributed by atoms with Crippen LogP contribution in [0.3, 0.4) is 0 Å². The lowest BCUT2D eigenvalue weighted by Crippen LogP contribution is -2.07. The molecule has 2 aromatic carbocycles. The summed E-state index contributed by atoms with van der Waals surface area (Å²) in [7, 11) is 0. The molecule has 2 heterocycles. The van der Waals surface area contributed by atoms with Crippen molar-refractivity contribution in [1.29, 1.82) is 0 Å². The van der Waals surface area contributed by atoms with Crippen LogP contribution in [-0.2, 0) is 13.2 Å². The van der Waals surface area contributed by atoms with Gasteiger partial charge in [0.1, 0.15) is 17.9 Å². The minimum absolute atomic E-state index is 0.222. The number of rotatable bonds is 6. The molecule has 0 spiro atoms. The van der Waals surface area contributed by atoms with Gasteiger partial charge in [-0.25, -0.2) is 4.39 Å². The molecule has 0 bridgehead atoms. The number of aldehydes is 1. The van der Waals surface area contributed by atoms with Gasteiger partial charge in [0.15, 0.2) is 6.29 Å². The fourth-order valence-corrected chi connectivity index (χ4v) is 3.27. The molecule has 140 valence electrons. The molecule has 6 heteroatoms. The van der Waals surface area contributed by atoms with Gasteiger partial charge in [-0.3, -0.25) is 4.79 Å². The lowest BCUT2D eigenvalue weighted by Gasteiger charge is -2.11. The summed E-state index contributed by atoms with van der Waals surface area (Å²) in [5, 5.41) is 9.00. The molecule has 4 aromatic rings. The fraction of sp³-hybridized carbons (Fsp3) is 0.136. The Bertz CT molecular complexity index is 1120. The molecule has 5 nitrogen and oxygen atoms in total. The van der Waals surface area contributed by atoms with E-state index in [9.17, 15) is 9.18 Å². The Kier molecular flexibility index (Phi) is 4.85. The van der Waals surface area contributed by atoms with Crippen LogP contribution in [0.1, 0.15) is 27.2 Å². The van der Waals surface area contributed by atoms with Crippen molar-refractivity contribution >= 4 is 17.2 Å². The normalized spacial score (nSPS) is 10.9. The van der Waals surface area contributed by atoms with Gasteiger partial charge in [0.25, 0.3) is 5.88 Å². The molecule has 0 radical (unpaired) electrons. The monoisotopic (exact) mass is 375 g/mol. The van der Waals surface area contributed by atoms with E-state index in [1.165, 1.54) is 12.1 Å². The number of aromatic nitrogens is 3. The molecule has 0 fully saturated rings. The predicted octanol–water partition coefficient (Wildman–Crippen LogP) is 4.32. The Hall–Kier alpha value is -3.54. The van der Waals surface area contributed by atoms with Crippen molar-refractivity contribution in [1.82, 2.24) is 14.8 Å². The number of carbonyl (C=O) groups excluding carboxylic acids is 1. The average Bonchev–Trinajstić information content (AvgIpc) is 3.00. The zero-order chi connectivity index (χ0) is 19.5. The maximum Gasteiger partial charge on any atom is 0.258 e. The number of carbonyl (C=O) groups is 1. The van der Waals surface area contributed by atoms with E-state index in [0.29, 0.717) is 18.1 Å². The highest BCUT2D eigenvalue weighted by Crippen LogP contribution is 2.31. The Morgan fingerprint density at radius 2 is 1.82 bits per heavy atom. The summed E-state index contributed by atoms with van der Waals surface area (Å²) in [6.07, 6.45) is 2.49. The van der Waals surface area contributed by atoms with E-state index < -0.39 is 0 Å². The lowest BCUT2D eigenvalue weighted by atomic mass is 10.2. The van der Waals surface area contributed by atoms with Crippen LogP contribution < -0.4 is 4.74 Å². The fourth-order valence-electron chi connectivity index (χ4n) is 3.27. The number of halogens is 1. The molecule has 28 heavy (non-hydrogen) atoms. The number of benzene rings is 2. The topological polar surface area (TPSA) is 57.0 Å². The van der Waals surface area contributed by atoms with Crippen molar-refractivity contribution in [2.75, 3.05) is 0 Å². The molecule has 0 saturated heterocycles. The number of aryl methyl sites for hydroxylation is 1. The summed E-state index contributed by atoms with van der Waals surface area (Å²) >= 11 is 0. The Morgan fingerprint density at radius 3 is 2.54 bits per heavy atom. The highest BCUT2D eigenvalue weighted by Gasteiger charge is 2.19. The molecule has 4 rings (SSSR count). The van der Waals surface area contributed by atoms with Crippen molar-refractivity contribution in [3.8, 4) is 5.88 Å². The molecule has 2 aromatic heterocycles. The molecule has 0 aliphatic rings. The first kappa shape index (κ1) is 17.9. The van der Waals surface area contributed by atoms with E-state index in [4.69, 9.17) is 4.74 Å². The lowest BCUT2D eigenvalue weighted by molar-refractivity contribution is 0.111. The van der Waals surface area contributed by atoms with E-state index in [1.54, 1.807) is 18.3 Å². The van der Waals surface area contributed by atoms with Crippen LogP contribution in [0.15, 0.2) is 60.8 Å². The van der Waals surface area contributed by atoms with E-state index in [0.717, 1.165) is 33.9 Å². The van der Waals surface area contributed by atoms with Crippen LogP contribution >= 0.6 is 0 Å². The van der Waals surface area contributed by atoms with Crippen LogP contribution in [0.25, 0.3) is 10.9 Å². The van der Waals surface area contributed by atoms with Crippen molar-refractivity contribution in [2.45, 2.75) is 20.1 Å². The second kappa shape index (κ2) is 7.60. The van der Waals surface area contributed by atoms with Gasteiger partial charge >= 0.3 is 0 Å². The molecular formula is C22H18FN3O2. The zero-order valence-corrected chi connectivity index (χ0v) is 15.3. The van der Waals surface area contributed by atoms with E-state index in [-0.39, 0.29) is 12.4 Å². The summed E-state index contributed by atoms with van der Waals surface area (Å²) in [4.78, 5) is 11.8. The van der Waals surface area contributed by atoms with Crippen molar-refractivity contribution in [2.24, 2.45) is 0 Å². The third-order valence-corrected chi connectivity index (χ3v) is 4.73. The number of ether oxygens (including phenoxy) is 1. The zero-order valence-electron chi connectivity index (χ0n) is 15.3. The summed E-state index contributed by atoms with van der Waals surface area (Å²) < 4.78 is 20.9. The summed E-state index contributed by atoms with van der Waals surface area (Å²) in [6, 6.07) is 16.0. The van der Waals surface area contributed by atoms with Gasteiger partial charge in [-0.2, -0.15) is 5.10 Å². The molecule has 0 unspecified atom stereocenters. The smallest absolute Gasteiger partial charge is 0.258 e. The summed E-state index contributed by atoms with van der Waals surface area (Å²) in [5.41, 5.74) is 4.00. The minimum Gasteiger partial charge on any atom is -0.470 e. The van der Waals surface area contributed by atoms with Gasteiger partial charge in [0.05, 0.1) is 11.9 Å². The van der Waals surface area contributed by atoms with Crippen molar-refractivity contribution in [3.63, 3.8) is 0 Å².